The Morgan fingerprint density at radius 2 is 1.81 bits per heavy atom. The fourth-order valence-electron chi connectivity index (χ4n) is 6.34. The molecule has 0 aliphatic heterocycles. The van der Waals surface area contributed by atoms with Gasteiger partial charge < -0.3 is 10.6 Å². The lowest BCUT2D eigenvalue weighted by Gasteiger charge is -2.36. The number of carbonyl (C=O) groups excluding carboxylic acids is 1. The van der Waals surface area contributed by atoms with Crippen molar-refractivity contribution >= 4 is 33.0 Å². The highest BCUT2D eigenvalue weighted by atomic mass is 32.1. The van der Waals surface area contributed by atoms with Gasteiger partial charge in [0, 0.05) is 22.9 Å². The molecule has 5 rings (SSSR count). The number of rotatable bonds is 10. The topological polar surface area (TPSA) is 59.2 Å². The van der Waals surface area contributed by atoms with E-state index in [9.17, 15) is 4.79 Å². The van der Waals surface area contributed by atoms with Crippen LogP contribution in [0.1, 0.15) is 85.6 Å². The lowest BCUT2D eigenvalue weighted by molar-refractivity contribution is 0.0937. The summed E-state index contributed by atoms with van der Waals surface area (Å²) in [6, 6.07) is 15.1. The molecule has 1 aromatic heterocycles. The fraction of sp³-hybridized carbons (Fsp3) is 0.548. The Bertz CT molecular complexity index is 1160. The summed E-state index contributed by atoms with van der Waals surface area (Å²) in [7, 11) is 0. The molecule has 192 valence electrons. The van der Waals surface area contributed by atoms with Crippen LogP contribution in [-0.4, -0.2) is 34.8 Å². The highest BCUT2D eigenvalue weighted by Crippen LogP contribution is 2.35. The number of Topliss-reactive ketones (excluding diaryl/α,β-unsaturated/α-hetero) is 1. The summed E-state index contributed by atoms with van der Waals surface area (Å²) in [4.78, 5) is 21.7. The van der Waals surface area contributed by atoms with Crippen molar-refractivity contribution in [2.24, 2.45) is 11.8 Å². The Morgan fingerprint density at radius 3 is 2.61 bits per heavy atom. The van der Waals surface area contributed by atoms with Gasteiger partial charge in [0.2, 0.25) is 0 Å². The van der Waals surface area contributed by atoms with Crippen LogP contribution in [0.15, 0.2) is 42.5 Å². The van der Waals surface area contributed by atoms with Gasteiger partial charge in [-0.05, 0) is 86.7 Å². The molecule has 1 atom stereocenters. The number of aromatic nitrogens is 1. The van der Waals surface area contributed by atoms with Gasteiger partial charge in [-0.25, -0.2) is 4.98 Å². The van der Waals surface area contributed by atoms with Gasteiger partial charge in [0.05, 0.1) is 5.69 Å². The maximum absolute atomic E-state index is 13.0. The van der Waals surface area contributed by atoms with Gasteiger partial charge in [0.1, 0.15) is 0 Å². The summed E-state index contributed by atoms with van der Waals surface area (Å²) in [6.07, 6.45) is 12.9. The first-order valence-electron chi connectivity index (χ1n) is 14.1. The number of hydrogen-bond acceptors (Lipinski definition) is 5. The first kappa shape index (κ1) is 25.4. The minimum Gasteiger partial charge on any atom is -0.375 e. The minimum atomic E-state index is 0.315. The van der Waals surface area contributed by atoms with Crippen molar-refractivity contribution in [3.05, 3.63) is 58.6 Å². The number of thiazole rings is 1. The molecule has 2 N–H and O–H groups in total. The summed E-state index contributed by atoms with van der Waals surface area (Å²) in [5, 5.41) is 3.09. The molecule has 5 heteroatoms. The Balaban J connectivity index is 1.10. The zero-order valence-corrected chi connectivity index (χ0v) is 22.6. The molecule has 4 nitrogen and oxygen atoms in total. The van der Waals surface area contributed by atoms with Gasteiger partial charge in [0.15, 0.2) is 10.9 Å². The molecule has 2 aliphatic rings. The third-order valence-electron chi connectivity index (χ3n) is 8.58. The van der Waals surface area contributed by atoms with E-state index >= 15 is 0 Å². The number of hydrogen-bond donors (Lipinski definition) is 1. The van der Waals surface area contributed by atoms with E-state index in [1.807, 2.05) is 18.2 Å². The SMILES string of the molecule is CCCCN(CCC1CCC(CC(=O)c2ccc3ccccc3c2)CC1)[C@H]1CCc2nc(N)sc2C1. The average Bonchev–Trinajstić information content (AvgIpc) is 3.28. The highest BCUT2D eigenvalue weighted by Gasteiger charge is 2.28. The van der Waals surface area contributed by atoms with Crippen molar-refractivity contribution in [1.82, 2.24) is 9.88 Å². The predicted molar refractivity (Wildman–Crippen MR) is 152 cm³/mol. The van der Waals surface area contributed by atoms with Crippen molar-refractivity contribution in [1.29, 1.82) is 0 Å². The van der Waals surface area contributed by atoms with Gasteiger partial charge in [-0.1, -0.05) is 62.6 Å². The van der Waals surface area contributed by atoms with Crippen molar-refractivity contribution in [2.75, 3.05) is 18.8 Å². The molecule has 0 radical (unpaired) electrons. The number of aryl methyl sites for hydroxylation is 1. The molecule has 1 fully saturated rings. The molecular weight excluding hydrogens is 462 g/mol. The van der Waals surface area contributed by atoms with Crippen LogP contribution < -0.4 is 5.73 Å². The van der Waals surface area contributed by atoms with E-state index in [1.54, 1.807) is 11.3 Å². The predicted octanol–water partition coefficient (Wildman–Crippen LogP) is 7.31. The van der Waals surface area contributed by atoms with Crippen molar-refractivity contribution in [3.8, 4) is 0 Å². The lowest BCUT2D eigenvalue weighted by Crippen LogP contribution is -2.41. The van der Waals surface area contributed by atoms with E-state index in [2.05, 4.69) is 41.1 Å². The number of carbonyl (C=O) groups is 1. The molecule has 0 saturated heterocycles. The number of nitrogens with zero attached hydrogens (tertiary/aromatic N) is 2. The standard InChI is InChI=1S/C31H41N3OS/c1-2-3-17-34(27-14-15-28-30(21-27)36-31(32)33-28)18-16-22-8-10-23(11-9-22)19-29(35)26-13-12-24-6-4-5-7-25(24)20-26/h4-7,12-13,20,22-23,27H,2-3,8-11,14-19,21H2,1H3,(H2,32,33)/t22?,23?,27-/m0/s1. The molecule has 0 spiro atoms. The van der Waals surface area contributed by atoms with Crippen LogP contribution in [0.5, 0.6) is 0 Å². The zero-order chi connectivity index (χ0) is 24.9. The average molecular weight is 504 g/mol. The molecule has 0 unspecified atom stereocenters. The number of unbranched alkanes of at least 4 members (excludes halogenated alkanes) is 1. The van der Waals surface area contributed by atoms with Gasteiger partial charge in [-0.2, -0.15) is 0 Å². The van der Waals surface area contributed by atoms with Gasteiger partial charge in [-0.3, -0.25) is 4.79 Å². The monoisotopic (exact) mass is 503 g/mol. The quantitative estimate of drug-likeness (QED) is 0.295. The molecule has 0 amide bonds. The maximum Gasteiger partial charge on any atom is 0.180 e. The van der Waals surface area contributed by atoms with Crippen molar-refractivity contribution in [2.45, 2.75) is 83.6 Å². The second kappa shape index (κ2) is 11.9. The first-order valence-corrected chi connectivity index (χ1v) is 14.9. The Kier molecular flexibility index (Phi) is 8.38. The third-order valence-corrected chi connectivity index (χ3v) is 9.53. The smallest absolute Gasteiger partial charge is 0.180 e. The highest BCUT2D eigenvalue weighted by molar-refractivity contribution is 7.15. The van der Waals surface area contributed by atoms with Gasteiger partial charge in [-0.15, -0.1) is 11.3 Å². The fourth-order valence-corrected chi connectivity index (χ4v) is 7.29. The van der Waals surface area contributed by atoms with Crippen LogP contribution in [0.25, 0.3) is 10.8 Å². The summed E-state index contributed by atoms with van der Waals surface area (Å²) in [6.45, 7) is 4.71. The van der Waals surface area contributed by atoms with Crippen LogP contribution in [0.4, 0.5) is 5.13 Å². The summed E-state index contributed by atoms with van der Waals surface area (Å²) in [5.74, 6) is 1.67. The molecule has 2 aromatic carbocycles. The molecule has 3 aromatic rings. The van der Waals surface area contributed by atoms with E-state index in [0.29, 0.717) is 24.2 Å². The number of nitrogens with two attached hydrogens (primary N) is 1. The van der Waals surface area contributed by atoms with E-state index in [1.165, 1.54) is 80.4 Å². The van der Waals surface area contributed by atoms with Crippen LogP contribution in [0.2, 0.25) is 0 Å². The summed E-state index contributed by atoms with van der Waals surface area (Å²) < 4.78 is 0. The van der Waals surface area contributed by atoms with Crippen LogP contribution >= 0.6 is 11.3 Å². The van der Waals surface area contributed by atoms with Crippen LogP contribution in [-0.2, 0) is 12.8 Å². The number of ketones is 1. The molecule has 1 saturated carbocycles. The minimum absolute atomic E-state index is 0.315. The number of fused-ring (bicyclic) bond motifs is 2. The molecule has 0 bridgehead atoms. The Morgan fingerprint density at radius 1 is 1.03 bits per heavy atom. The van der Waals surface area contributed by atoms with Crippen molar-refractivity contribution < 1.29 is 4.79 Å². The Labute approximate surface area is 220 Å². The normalized spacial score (nSPS) is 22.1. The lowest BCUT2D eigenvalue weighted by atomic mass is 9.78. The van der Waals surface area contributed by atoms with E-state index in [0.717, 1.165) is 34.8 Å². The van der Waals surface area contributed by atoms with Crippen molar-refractivity contribution in [3.63, 3.8) is 0 Å². The molecule has 2 aliphatic carbocycles. The summed E-state index contributed by atoms with van der Waals surface area (Å²) in [5.41, 5.74) is 8.11. The molecule has 36 heavy (non-hydrogen) atoms. The van der Waals surface area contributed by atoms with E-state index in [-0.39, 0.29) is 0 Å². The number of nitrogen functional groups attached to an aromatic ring is 1. The molecule has 1 heterocycles. The van der Waals surface area contributed by atoms with Crippen LogP contribution in [0, 0.1) is 11.8 Å². The number of anilines is 1. The van der Waals surface area contributed by atoms with Crippen LogP contribution in [0.3, 0.4) is 0 Å². The maximum atomic E-state index is 13.0. The number of benzene rings is 2. The molecular formula is C31H41N3OS. The third kappa shape index (κ3) is 6.18. The Hall–Kier alpha value is -2.24. The van der Waals surface area contributed by atoms with E-state index < -0.39 is 0 Å². The van der Waals surface area contributed by atoms with E-state index in [4.69, 9.17) is 5.73 Å². The van der Waals surface area contributed by atoms with Gasteiger partial charge >= 0.3 is 0 Å². The first-order chi connectivity index (χ1) is 17.6. The zero-order valence-electron chi connectivity index (χ0n) is 21.8. The van der Waals surface area contributed by atoms with Gasteiger partial charge in [0.25, 0.3) is 0 Å². The largest absolute Gasteiger partial charge is 0.375 e. The summed E-state index contributed by atoms with van der Waals surface area (Å²) >= 11 is 1.70. The second-order valence-electron chi connectivity index (χ2n) is 11.1. The second-order valence-corrected chi connectivity index (χ2v) is 12.2.